The Morgan fingerprint density at radius 1 is 1.27 bits per heavy atom. The van der Waals surface area contributed by atoms with E-state index in [1.807, 2.05) is 24.3 Å². The van der Waals surface area contributed by atoms with Gasteiger partial charge >= 0.3 is 0 Å². The first-order valence-corrected chi connectivity index (χ1v) is 6.17. The number of nitrogens with zero attached hydrogens (tertiary/aromatic N) is 1. The molecule has 1 aromatic heterocycles. The van der Waals surface area contributed by atoms with Crippen molar-refractivity contribution in [3.63, 3.8) is 0 Å². The Morgan fingerprint density at radius 3 is 2.73 bits per heavy atom. The summed E-state index contributed by atoms with van der Waals surface area (Å²) in [4.78, 5) is 7.32. The second kappa shape index (κ2) is 4.55. The molecule has 1 heterocycles. The van der Waals surface area contributed by atoms with Crippen LogP contribution in [0.3, 0.4) is 0 Å². The molecule has 0 amide bonds. The van der Waals surface area contributed by atoms with E-state index in [9.17, 15) is 0 Å². The predicted octanol–water partition coefficient (Wildman–Crippen LogP) is 4.33. The van der Waals surface area contributed by atoms with Crippen molar-refractivity contribution in [2.24, 2.45) is 0 Å². The lowest BCUT2D eigenvalue weighted by atomic mass is 10.2. The summed E-state index contributed by atoms with van der Waals surface area (Å²) in [7, 11) is 0. The van der Waals surface area contributed by atoms with Crippen molar-refractivity contribution in [3.8, 4) is 11.4 Å². The highest BCUT2D eigenvalue weighted by atomic mass is 79.9. The molecule has 0 saturated heterocycles. The minimum absolute atomic E-state index is 0.653. The first-order valence-electron chi connectivity index (χ1n) is 4.17. The predicted molar refractivity (Wildman–Crippen MR) is 70.3 cm³/mol. The number of benzene rings is 1. The van der Waals surface area contributed by atoms with E-state index >= 15 is 0 Å². The zero-order valence-corrected chi connectivity index (χ0v) is 11.5. The van der Waals surface area contributed by atoms with Crippen LogP contribution in [-0.2, 0) is 0 Å². The molecule has 0 saturated carbocycles. The number of hydrogen-bond donors (Lipinski definition) is 1. The van der Waals surface area contributed by atoms with Crippen LogP contribution in [0.2, 0.25) is 0 Å². The quantitative estimate of drug-likeness (QED) is 0.779. The van der Waals surface area contributed by atoms with Crippen molar-refractivity contribution in [1.82, 2.24) is 9.97 Å². The molecule has 0 bridgehead atoms. The second-order valence-corrected chi connectivity index (χ2v) is 5.10. The first-order chi connectivity index (χ1) is 7.16. The molecule has 0 unspecified atom stereocenters. The Hall–Kier alpha value is -0.520. The van der Waals surface area contributed by atoms with E-state index in [-0.39, 0.29) is 0 Å². The molecule has 0 aliphatic heterocycles. The lowest BCUT2D eigenvalue weighted by Crippen LogP contribution is -1.89. The molecule has 0 spiro atoms. The fourth-order valence-corrected chi connectivity index (χ4v) is 1.91. The fraction of sp³-hybridized carbons (Fsp3) is 0. The Kier molecular flexibility index (Phi) is 3.33. The van der Waals surface area contributed by atoms with E-state index < -0.39 is 0 Å². The monoisotopic (exact) mass is 344 g/mol. The summed E-state index contributed by atoms with van der Waals surface area (Å²) < 4.78 is 2.47. The van der Waals surface area contributed by atoms with Gasteiger partial charge in [0.25, 0.3) is 0 Å². The van der Waals surface area contributed by atoms with Gasteiger partial charge in [0, 0.05) is 16.2 Å². The summed E-state index contributed by atoms with van der Waals surface area (Å²) in [6, 6.07) is 7.89. The highest BCUT2D eigenvalue weighted by Gasteiger charge is 2.01. The average Bonchev–Trinajstić information content (AvgIpc) is 2.22. The summed E-state index contributed by atoms with van der Waals surface area (Å²) in [5.41, 5.74) is 1.00. The highest BCUT2D eigenvalue weighted by Crippen LogP contribution is 2.20. The Morgan fingerprint density at radius 2 is 2.07 bits per heavy atom. The van der Waals surface area contributed by atoms with E-state index in [2.05, 4.69) is 41.8 Å². The number of halogens is 2. The lowest BCUT2D eigenvalue weighted by molar-refractivity contribution is 1.14. The van der Waals surface area contributed by atoms with E-state index in [4.69, 9.17) is 12.2 Å². The zero-order chi connectivity index (χ0) is 10.8. The van der Waals surface area contributed by atoms with Crippen LogP contribution in [0.1, 0.15) is 0 Å². The van der Waals surface area contributed by atoms with Crippen LogP contribution in [0.4, 0.5) is 0 Å². The molecule has 0 aliphatic carbocycles. The van der Waals surface area contributed by atoms with Crippen molar-refractivity contribution in [3.05, 3.63) is 44.0 Å². The summed E-state index contributed by atoms with van der Waals surface area (Å²) in [6.07, 6.45) is 1.70. The molecule has 1 aromatic carbocycles. The molecular formula is C10H6Br2N2S. The van der Waals surface area contributed by atoms with Gasteiger partial charge in [-0.2, -0.15) is 0 Å². The molecule has 5 heteroatoms. The maximum Gasteiger partial charge on any atom is 0.138 e. The van der Waals surface area contributed by atoms with E-state index in [1.54, 1.807) is 6.20 Å². The van der Waals surface area contributed by atoms with Crippen molar-refractivity contribution in [2.75, 3.05) is 0 Å². The molecule has 0 aliphatic rings. The van der Waals surface area contributed by atoms with Gasteiger partial charge in [-0.3, -0.25) is 0 Å². The molecule has 76 valence electrons. The van der Waals surface area contributed by atoms with Crippen molar-refractivity contribution in [2.45, 2.75) is 0 Å². The number of hydrogen-bond acceptors (Lipinski definition) is 2. The third-order valence-electron chi connectivity index (χ3n) is 1.85. The summed E-state index contributed by atoms with van der Waals surface area (Å²) in [5, 5.41) is 0. The van der Waals surface area contributed by atoms with Gasteiger partial charge in [0.2, 0.25) is 0 Å². The lowest BCUT2D eigenvalue weighted by Gasteiger charge is -2.01. The molecule has 1 N–H and O–H groups in total. The molecule has 0 atom stereocenters. The van der Waals surface area contributed by atoms with Gasteiger partial charge < -0.3 is 4.98 Å². The third-order valence-corrected chi connectivity index (χ3v) is 3.53. The van der Waals surface area contributed by atoms with Crippen LogP contribution >= 0.6 is 44.1 Å². The van der Waals surface area contributed by atoms with Gasteiger partial charge in [-0.1, -0.05) is 40.3 Å². The van der Waals surface area contributed by atoms with Crippen molar-refractivity contribution >= 4 is 44.1 Å². The molecule has 2 aromatic rings. The number of rotatable bonds is 1. The van der Waals surface area contributed by atoms with Crippen molar-refractivity contribution < 1.29 is 0 Å². The molecule has 0 fully saturated rings. The van der Waals surface area contributed by atoms with Gasteiger partial charge in [-0.15, -0.1) is 0 Å². The van der Waals surface area contributed by atoms with Gasteiger partial charge in [0.1, 0.15) is 10.5 Å². The van der Waals surface area contributed by atoms with Crippen LogP contribution < -0.4 is 0 Å². The largest absolute Gasteiger partial charge is 0.330 e. The number of H-pyrrole nitrogens is 1. The van der Waals surface area contributed by atoms with E-state index in [0.29, 0.717) is 4.64 Å². The van der Waals surface area contributed by atoms with Crippen LogP contribution in [0.5, 0.6) is 0 Å². The second-order valence-electron chi connectivity index (χ2n) is 2.92. The molecule has 15 heavy (non-hydrogen) atoms. The van der Waals surface area contributed by atoms with Gasteiger partial charge in [0.15, 0.2) is 0 Å². The van der Waals surface area contributed by atoms with Crippen molar-refractivity contribution in [1.29, 1.82) is 0 Å². The Balaban J connectivity index is 2.55. The number of aromatic nitrogens is 2. The fourth-order valence-electron chi connectivity index (χ4n) is 1.16. The molecule has 2 rings (SSSR count). The molecule has 2 nitrogen and oxygen atoms in total. The zero-order valence-electron chi connectivity index (χ0n) is 7.50. The van der Waals surface area contributed by atoms with Crippen LogP contribution in [0.25, 0.3) is 11.4 Å². The normalized spacial score (nSPS) is 10.3. The Bertz CT molecular complexity index is 551. The first kappa shape index (κ1) is 11.0. The summed E-state index contributed by atoms with van der Waals surface area (Å²) in [5.74, 6) is 0.768. The minimum atomic E-state index is 0.653. The standard InChI is InChI=1S/C10H6Br2N2S/c11-7-3-1-2-6(4-7)9-13-5-8(12)10(15)14-9/h1-5H,(H,13,14,15). The SMILES string of the molecule is S=c1[nH]c(-c2cccc(Br)c2)ncc1Br. The van der Waals surface area contributed by atoms with Gasteiger partial charge in [-0.25, -0.2) is 4.98 Å². The van der Waals surface area contributed by atoms with Crippen LogP contribution in [0, 0.1) is 4.64 Å². The molecular weight excluding hydrogens is 340 g/mol. The summed E-state index contributed by atoms with van der Waals surface area (Å²) >= 11 is 11.8. The van der Waals surface area contributed by atoms with E-state index in [1.165, 1.54) is 0 Å². The maximum atomic E-state index is 5.12. The number of nitrogens with one attached hydrogen (secondary N) is 1. The average molecular weight is 346 g/mol. The Labute approximate surface area is 109 Å². The van der Waals surface area contributed by atoms with E-state index in [0.717, 1.165) is 20.3 Å². The van der Waals surface area contributed by atoms with Gasteiger partial charge in [0.05, 0.1) is 4.47 Å². The number of aromatic amines is 1. The minimum Gasteiger partial charge on any atom is -0.330 e. The molecule has 0 radical (unpaired) electrons. The third kappa shape index (κ3) is 2.53. The maximum absolute atomic E-state index is 5.12. The van der Waals surface area contributed by atoms with Crippen LogP contribution in [0.15, 0.2) is 39.4 Å². The topological polar surface area (TPSA) is 28.7 Å². The van der Waals surface area contributed by atoms with Gasteiger partial charge in [-0.05, 0) is 28.1 Å². The van der Waals surface area contributed by atoms with Crippen LogP contribution in [-0.4, -0.2) is 9.97 Å². The smallest absolute Gasteiger partial charge is 0.138 e. The highest BCUT2D eigenvalue weighted by molar-refractivity contribution is 9.10. The summed E-state index contributed by atoms with van der Waals surface area (Å²) in [6.45, 7) is 0.